The van der Waals surface area contributed by atoms with Gasteiger partial charge in [-0.1, -0.05) is 11.2 Å². The van der Waals surface area contributed by atoms with E-state index in [1.807, 2.05) is 0 Å². The molecule has 3 amide bonds. The zero-order valence-corrected chi connectivity index (χ0v) is 17.2. The summed E-state index contributed by atoms with van der Waals surface area (Å²) in [5.41, 5.74) is 3.67. The average molecular weight is 481 g/mol. The number of carboxylic acids is 1. The number of β-lactam (4-membered cyclic amide) rings is 1. The second-order valence-corrected chi connectivity index (χ2v) is 7.88. The van der Waals surface area contributed by atoms with Crippen LogP contribution in [0.5, 0.6) is 5.75 Å². The van der Waals surface area contributed by atoms with Crippen LogP contribution in [0.4, 0.5) is 10.5 Å². The number of nitroso groups, excluding NO2 is 1. The van der Waals surface area contributed by atoms with Crippen LogP contribution in [0, 0.1) is 15.0 Å². The van der Waals surface area contributed by atoms with Crippen LogP contribution < -0.4 is 11.1 Å². The smallest absolute Gasteiger partial charge is 0.404 e. The number of phenolic OH excluding ortho intramolecular Hbond substituents is 1. The van der Waals surface area contributed by atoms with Crippen molar-refractivity contribution >= 4 is 41.3 Å². The number of amides is 3. The Bertz CT molecular complexity index is 1110. The molecule has 16 heteroatoms. The predicted octanol–water partition coefficient (Wildman–Crippen LogP) is -0.0582. The molecule has 2 aliphatic rings. The number of fused-ring (bicyclic) bond motifs is 1. The molecule has 2 heterocycles. The Morgan fingerprint density at radius 1 is 1.42 bits per heavy atom. The Hall–Kier alpha value is -4.21. The Labute approximate surface area is 187 Å². The van der Waals surface area contributed by atoms with Gasteiger partial charge in [0, 0.05) is 17.4 Å². The molecule has 2 unspecified atom stereocenters. The summed E-state index contributed by atoms with van der Waals surface area (Å²) in [6.07, 6.45) is -1.12. The number of ether oxygens (including phenoxy) is 1. The number of primary amides is 1. The van der Waals surface area contributed by atoms with Gasteiger partial charge in [-0.3, -0.25) is 24.6 Å². The molecule has 3 rings (SSSR count). The first-order valence-corrected chi connectivity index (χ1v) is 10.0. The normalized spacial score (nSPS) is 20.2. The molecule has 0 aliphatic carbocycles. The van der Waals surface area contributed by atoms with Crippen LogP contribution in [0.3, 0.4) is 0 Å². The Balaban J connectivity index is 1.78. The number of nitrogens with one attached hydrogen (secondary N) is 1. The average Bonchev–Trinajstić information content (AvgIpc) is 2.76. The number of rotatable bonds is 8. The highest BCUT2D eigenvalue weighted by Gasteiger charge is 2.54. The highest BCUT2D eigenvalue weighted by atomic mass is 32.2. The largest absolute Gasteiger partial charge is 0.502 e. The number of nitrogens with two attached hydrogens (primary N) is 1. The summed E-state index contributed by atoms with van der Waals surface area (Å²) in [5.74, 6) is -3.93. The maximum Gasteiger partial charge on any atom is 0.404 e. The first-order valence-electron chi connectivity index (χ1n) is 8.99. The lowest BCUT2D eigenvalue weighted by molar-refractivity contribution is -0.385. The molecular weight excluding hydrogens is 466 g/mol. The van der Waals surface area contributed by atoms with Crippen molar-refractivity contribution in [3.8, 4) is 5.75 Å². The summed E-state index contributed by atoms with van der Waals surface area (Å²) in [5, 5.41) is 34.1. The van der Waals surface area contributed by atoms with Gasteiger partial charge < -0.3 is 26.0 Å². The van der Waals surface area contributed by atoms with E-state index >= 15 is 0 Å². The fourth-order valence-corrected chi connectivity index (χ4v) is 4.63. The number of carbonyl (C=O) groups excluding carboxylic acids is 3. The van der Waals surface area contributed by atoms with Gasteiger partial charge in [0.15, 0.2) is 11.8 Å². The molecule has 174 valence electrons. The molecule has 15 nitrogen and oxygen atoms in total. The van der Waals surface area contributed by atoms with E-state index in [1.165, 1.54) is 0 Å². The van der Waals surface area contributed by atoms with Crippen molar-refractivity contribution < 1.29 is 39.1 Å². The van der Waals surface area contributed by atoms with Crippen molar-refractivity contribution in [2.45, 2.75) is 17.5 Å². The summed E-state index contributed by atoms with van der Waals surface area (Å²) >= 11 is 1.08. The van der Waals surface area contributed by atoms with Crippen LogP contribution in [0.1, 0.15) is 11.6 Å². The van der Waals surface area contributed by atoms with Gasteiger partial charge in [-0.2, -0.15) is 0 Å². The second-order valence-electron chi connectivity index (χ2n) is 6.77. The van der Waals surface area contributed by atoms with Crippen LogP contribution in [0.15, 0.2) is 34.6 Å². The van der Waals surface area contributed by atoms with Crippen LogP contribution in [0.2, 0.25) is 0 Å². The van der Waals surface area contributed by atoms with E-state index in [4.69, 9.17) is 5.73 Å². The molecule has 1 aromatic rings. The molecule has 0 saturated carbocycles. The quantitative estimate of drug-likeness (QED) is 0.166. The number of nitro benzene ring substituents is 1. The van der Waals surface area contributed by atoms with Crippen molar-refractivity contribution in [1.29, 1.82) is 0 Å². The fourth-order valence-electron chi connectivity index (χ4n) is 3.30. The summed E-state index contributed by atoms with van der Waals surface area (Å²) in [7, 11) is 0. The predicted molar refractivity (Wildman–Crippen MR) is 109 cm³/mol. The number of nitrogens with zero attached hydrogens (tertiary/aromatic N) is 3. The number of carboxylic acid groups (broad SMARTS) is 1. The third-order valence-electron chi connectivity index (χ3n) is 4.80. The number of hydrogen-bond acceptors (Lipinski definition) is 11. The number of thioether (sulfide) groups is 1. The zero-order valence-electron chi connectivity index (χ0n) is 16.4. The molecule has 5 N–H and O–H groups in total. The third kappa shape index (κ3) is 4.40. The van der Waals surface area contributed by atoms with Crippen molar-refractivity contribution in [3.05, 3.63) is 50.1 Å². The monoisotopic (exact) mass is 481 g/mol. The first-order chi connectivity index (χ1) is 15.6. The molecule has 33 heavy (non-hydrogen) atoms. The van der Waals surface area contributed by atoms with Crippen LogP contribution in [0.25, 0.3) is 0 Å². The van der Waals surface area contributed by atoms with E-state index in [9.17, 15) is 44.4 Å². The molecule has 1 aromatic carbocycles. The van der Waals surface area contributed by atoms with Gasteiger partial charge in [0.05, 0.1) is 4.92 Å². The fraction of sp³-hybridized carbons (Fsp3) is 0.294. The third-order valence-corrected chi connectivity index (χ3v) is 6.14. The van der Waals surface area contributed by atoms with Gasteiger partial charge in [-0.15, -0.1) is 16.7 Å². The standard InChI is InChI=1S/C17H15N5O10S/c18-17(28)32-4-7-5-33-15-11(14(25)21(15)12(7)16(26)27)19-13(24)10(20-29)6-1-2-9(23)8(3-6)22(30)31/h1-3,10-11,15,23H,4-5H2,(H2,18,28)(H,19,24)(H,26,27)/t10?,11?,15-/m0/s1. The number of benzene rings is 1. The Kier molecular flexibility index (Phi) is 6.47. The molecule has 0 bridgehead atoms. The molecule has 3 atom stereocenters. The number of phenols is 1. The van der Waals surface area contributed by atoms with E-state index in [2.05, 4.69) is 15.2 Å². The maximum absolute atomic E-state index is 12.6. The van der Waals surface area contributed by atoms with Gasteiger partial charge in [0.25, 0.3) is 11.8 Å². The van der Waals surface area contributed by atoms with Crippen LogP contribution in [-0.2, 0) is 19.1 Å². The number of nitro groups is 1. The van der Waals surface area contributed by atoms with Gasteiger partial charge in [-0.05, 0) is 11.6 Å². The Morgan fingerprint density at radius 3 is 2.70 bits per heavy atom. The van der Waals surface area contributed by atoms with Gasteiger partial charge in [-0.25, -0.2) is 9.59 Å². The van der Waals surface area contributed by atoms with E-state index < -0.39 is 70.0 Å². The SMILES string of the molecule is NC(=O)OCC1=C(C(=O)O)N2C(=O)C(NC(=O)C(N=O)c3ccc(O)c([N+](=O)[O-])c3)[C@@H]2SC1. The van der Waals surface area contributed by atoms with Crippen LogP contribution in [-0.4, -0.2) is 67.7 Å². The highest BCUT2D eigenvalue weighted by molar-refractivity contribution is 8.00. The lowest BCUT2D eigenvalue weighted by atomic mass is 10.0. The maximum atomic E-state index is 12.6. The first kappa shape index (κ1) is 23.5. The van der Waals surface area contributed by atoms with Crippen molar-refractivity contribution in [2.24, 2.45) is 10.9 Å². The summed E-state index contributed by atoms with van der Waals surface area (Å²) in [6, 6.07) is -0.150. The summed E-state index contributed by atoms with van der Waals surface area (Å²) in [6.45, 7) is -0.436. The molecular formula is C17H15N5O10S. The topological polar surface area (TPSA) is 232 Å². The lowest BCUT2D eigenvalue weighted by Gasteiger charge is -2.49. The minimum Gasteiger partial charge on any atom is -0.502 e. The number of carbonyl (C=O) groups is 4. The molecule has 2 aliphatic heterocycles. The molecule has 0 spiro atoms. The molecule has 0 radical (unpaired) electrons. The van der Waals surface area contributed by atoms with E-state index in [0.29, 0.717) is 0 Å². The minimum atomic E-state index is -1.77. The number of hydrogen-bond donors (Lipinski definition) is 4. The molecule has 1 saturated heterocycles. The minimum absolute atomic E-state index is 0.0508. The highest BCUT2D eigenvalue weighted by Crippen LogP contribution is 2.40. The number of aliphatic carboxylic acids is 1. The summed E-state index contributed by atoms with van der Waals surface area (Å²) < 4.78 is 4.61. The van der Waals surface area contributed by atoms with E-state index in [1.54, 1.807) is 0 Å². The number of aromatic hydroxyl groups is 1. The van der Waals surface area contributed by atoms with Crippen molar-refractivity contribution in [3.63, 3.8) is 0 Å². The lowest BCUT2D eigenvalue weighted by Crippen LogP contribution is -2.70. The van der Waals surface area contributed by atoms with E-state index in [0.717, 1.165) is 34.9 Å². The van der Waals surface area contributed by atoms with Gasteiger partial charge >= 0.3 is 17.7 Å². The molecule has 1 fully saturated rings. The zero-order chi connectivity index (χ0) is 24.4. The second kappa shape index (κ2) is 9.11. The van der Waals surface area contributed by atoms with Crippen LogP contribution >= 0.6 is 11.8 Å². The van der Waals surface area contributed by atoms with Crippen molar-refractivity contribution in [1.82, 2.24) is 10.2 Å². The Morgan fingerprint density at radius 2 is 2.12 bits per heavy atom. The van der Waals surface area contributed by atoms with Gasteiger partial charge in [0.2, 0.25) is 0 Å². The van der Waals surface area contributed by atoms with Crippen molar-refractivity contribution in [2.75, 3.05) is 12.4 Å². The van der Waals surface area contributed by atoms with E-state index in [-0.39, 0.29) is 16.9 Å². The van der Waals surface area contributed by atoms with Gasteiger partial charge in [0.1, 0.15) is 23.7 Å². The molecule has 0 aromatic heterocycles. The summed E-state index contributed by atoms with van der Waals surface area (Å²) in [4.78, 5) is 70.0.